The molecule has 0 amide bonds. The van der Waals surface area contributed by atoms with Crippen molar-refractivity contribution in [2.24, 2.45) is 5.73 Å². The maximum Gasteiger partial charge on any atom is 0.0537 e. The lowest BCUT2D eigenvalue weighted by atomic mass is 10.0. The second-order valence-corrected chi connectivity index (χ2v) is 6.94. The number of nitrogens with zero attached hydrogens (tertiary/aromatic N) is 2. The van der Waals surface area contributed by atoms with Crippen molar-refractivity contribution in [1.29, 1.82) is 0 Å². The third-order valence-electron chi connectivity index (χ3n) is 3.21. The highest BCUT2D eigenvalue weighted by Crippen LogP contribution is 2.39. The largest absolute Gasteiger partial charge is 0.323 e. The van der Waals surface area contributed by atoms with E-state index in [2.05, 4.69) is 36.9 Å². The molecule has 0 saturated carbocycles. The number of rotatable bonds is 4. The van der Waals surface area contributed by atoms with Gasteiger partial charge in [-0.05, 0) is 13.3 Å². The molecule has 0 spiro atoms. The van der Waals surface area contributed by atoms with E-state index in [0.717, 1.165) is 6.54 Å². The Kier molecular flexibility index (Phi) is 4.82. The van der Waals surface area contributed by atoms with Crippen LogP contribution in [0.4, 0.5) is 0 Å². The maximum atomic E-state index is 6.42. The second kappa shape index (κ2) is 6.16. The van der Waals surface area contributed by atoms with Gasteiger partial charge in [0.05, 0.1) is 6.20 Å². The quantitative estimate of drug-likeness (QED) is 0.914. The van der Waals surface area contributed by atoms with Crippen LogP contribution in [0.5, 0.6) is 0 Å². The van der Waals surface area contributed by atoms with Crippen molar-refractivity contribution in [2.75, 3.05) is 11.5 Å². The summed E-state index contributed by atoms with van der Waals surface area (Å²) in [6.07, 6.45) is 5.23. The Balaban J connectivity index is 2.09. The zero-order chi connectivity index (χ0) is 12.3. The standard InChI is InChI=1S/C12H21N3S2/c1-3-10-12(17-6-5-16-10)11(13)9-7-14-15(4-2)8-9/h7-8,10-12H,3-6,13H2,1-2H3. The van der Waals surface area contributed by atoms with Crippen LogP contribution in [0.3, 0.4) is 0 Å². The van der Waals surface area contributed by atoms with Gasteiger partial charge in [-0.15, -0.1) is 0 Å². The lowest BCUT2D eigenvalue weighted by molar-refractivity contribution is 0.625. The average molecular weight is 271 g/mol. The van der Waals surface area contributed by atoms with Gasteiger partial charge < -0.3 is 5.73 Å². The SMILES string of the molecule is CCC1SCCSC1C(N)c1cnn(CC)c1. The van der Waals surface area contributed by atoms with Crippen LogP contribution in [0.2, 0.25) is 0 Å². The number of aromatic nitrogens is 2. The summed E-state index contributed by atoms with van der Waals surface area (Å²) < 4.78 is 1.96. The lowest BCUT2D eigenvalue weighted by Gasteiger charge is -2.33. The summed E-state index contributed by atoms with van der Waals surface area (Å²) in [5.74, 6) is 2.49. The Morgan fingerprint density at radius 2 is 2.24 bits per heavy atom. The van der Waals surface area contributed by atoms with E-state index in [-0.39, 0.29) is 6.04 Å². The van der Waals surface area contributed by atoms with E-state index in [1.807, 2.05) is 22.6 Å². The molecule has 3 nitrogen and oxygen atoms in total. The molecular weight excluding hydrogens is 250 g/mol. The van der Waals surface area contributed by atoms with Gasteiger partial charge in [0, 0.05) is 46.4 Å². The molecule has 1 aromatic rings. The molecule has 1 aliphatic heterocycles. The number of hydrogen-bond acceptors (Lipinski definition) is 4. The Bertz CT molecular complexity index is 353. The second-order valence-electron chi connectivity index (χ2n) is 4.31. The fourth-order valence-corrected chi connectivity index (χ4v) is 5.37. The van der Waals surface area contributed by atoms with Crippen LogP contribution in [0.1, 0.15) is 31.9 Å². The molecule has 0 aromatic carbocycles. The molecule has 17 heavy (non-hydrogen) atoms. The van der Waals surface area contributed by atoms with Crippen molar-refractivity contribution in [3.05, 3.63) is 18.0 Å². The minimum absolute atomic E-state index is 0.123. The molecule has 96 valence electrons. The number of hydrogen-bond donors (Lipinski definition) is 1. The topological polar surface area (TPSA) is 43.8 Å². The predicted octanol–water partition coefficient (Wildman–Crippen LogP) is 2.53. The van der Waals surface area contributed by atoms with Crippen molar-refractivity contribution in [3.63, 3.8) is 0 Å². The van der Waals surface area contributed by atoms with Gasteiger partial charge in [0.2, 0.25) is 0 Å². The lowest BCUT2D eigenvalue weighted by Crippen LogP contribution is -2.35. The average Bonchev–Trinajstić information content (AvgIpc) is 2.86. The van der Waals surface area contributed by atoms with E-state index >= 15 is 0 Å². The van der Waals surface area contributed by atoms with Crippen LogP contribution in [0.25, 0.3) is 0 Å². The van der Waals surface area contributed by atoms with E-state index in [1.54, 1.807) is 0 Å². The van der Waals surface area contributed by atoms with Crippen molar-refractivity contribution >= 4 is 23.5 Å². The molecular formula is C12H21N3S2. The van der Waals surface area contributed by atoms with E-state index < -0.39 is 0 Å². The van der Waals surface area contributed by atoms with Gasteiger partial charge in [0.15, 0.2) is 0 Å². The molecule has 2 rings (SSSR count). The van der Waals surface area contributed by atoms with E-state index in [1.165, 1.54) is 23.5 Å². The molecule has 1 fully saturated rings. The van der Waals surface area contributed by atoms with Crippen LogP contribution in [0.15, 0.2) is 12.4 Å². The first kappa shape index (κ1) is 13.3. The summed E-state index contributed by atoms with van der Waals surface area (Å²) in [4.78, 5) is 0. The summed E-state index contributed by atoms with van der Waals surface area (Å²) in [5.41, 5.74) is 7.60. The molecule has 1 aromatic heterocycles. The van der Waals surface area contributed by atoms with E-state index in [0.29, 0.717) is 10.5 Å². The molecule has 2 heterocycles. The van der Waals surface area contributed by atoms with Crippen LogP contribution < -0.4 is 5.73 Å². The minimum atomic E-state index is 0.123. The fourth-order valence-electron chi connectivity index (χ4n) is 2.19. The summed E-state index contributed by atoms with van der Waals surface area (Å²) in [5, 5.41) is 5.55. The molecule has 3 atom stereocenters. The Labute approximate surface area is 112 Å². The summed E-state index contributed by atoms with van der Waals surface area (Å²) in [6.45, 7) is 5.28. The van der Waals surface area contributed by atoms with Gasteiger partial charge >= 0.3 is 0 Å². The number of aryl methyl sites for hydroxylation is 1. The first-order valence-corrected chi connectivity index (χ1v) is 8.37. The predicted molar refractivity (Wildman–Crippen MR) is 77.6 cm³/mol. The highest BCUT2D eigenvalue weighted by Gasteiger charge is 2.31. The third kappa shape index (κ3) is 3.01. The molecule has 0 aliphatic carbocycles. The number of nitrogens with two attached hydrogens (primary N) is 1. The monoisotopic (exact) mass is 271 g/mol. The van der Waals surface area contributed by atoms with Crippen LogP contribution in [-0.2, 0) is 6.54 Å². The Morgan fingerprint density at radius 3 is 2.88 bits per heavy atom. The van der Waals surface area contributed by atoms with Crippen LogP contribution >= 0.6 is 23.5 Å². The fraction of sp³-hybridized carbons (Fsp3) is 0.750. The zero-order valence-corrected chi connectivity index (χ0v) is 12.1. The molecule has 1 saturated heterocycles. The van der Waals surface area contributed by atoms with Crippen LogP contribution in [-0.4, -0.2) is 31.8 Å². The molecule has 0 radical (unpaired) electrons. The van der Waals surface area contributed by atoms with E-state index in [4.69, 9.17) is 5.73 Å². The third-order valence-corrected chi connectivity index (χ3v) is 6.58. The first-order chi connectivity index (χ1) is 8.26. The van der Waals surface area contributed by atoms with E-state index in [9.17, 15) is 0 Å². The molecule has 2 N–H and O–H groups in total. The van der Waals surface area contributed by atoms with Crippen molar-refractivity contribution in [3.8, 4) is 0 Å². The molecule has 1 aliphatic rings. The summed E-state index contributed by atoms with van der Waals surface area (Å²) >= 11 is 4.11. The number of thioether (sulfide) groups is 2. The van der Waals surface area contributed by atoms with Crippen LogP contribution in [0, 0.1) is 0 Å². The Morgan fingerprint density at radius 1 is 1.47 bits per heavy atom. The maximum absolute atomic E-state index is 6.42. The van der Waals surface area contributed by atoms with Gasteiger partial charge in [-0.25, -0.2) is 0 Å². The zero-order valence-electron chi connectivity index (χ0n) is 10.5. The van der Waals surface area contributed by atoms with Crippen molar-refractivity contribution < 1.29 is 0 Å². The first-order valence-electron chi connectivity index (χ1n) is 6.27. The normalized spacial score (nSPS) is 27.0. The Hall–Kier alpha value is -0.130. The summed E-state index contributed by atoms with van der Waals surface area (Å²) in [7, 11) is 0. The van der Waals surface area contributed by atoms with Crippen molar-refractivity contribution in [1.82, 2.24) is 9.78 Å². The smallest absolute Gasteiger partial charge is 0.0537 e. The van der Waals surface area contributed by atoms with Gasteiger partial charge in [0.1, 0.15) is 0 Å². The van der Waals surface area contributed by atoms with Gasteiger partial charge in [-0.1, -0.05) is 6.92 Å². The summed E-state index contributed by atoms with van der Waals surface area (Å²) in [6, 6.07) is 0.123. The highest BCUT2D eigenvalue weighted by atomic mass is 32.2. The molecule has 3 unspecified atom stereocenters. The van der Waals surface area contributed by atoms with Gasteiger partial charge in [-0.2, -0.15) is 28.6 Å². The minimum Gasteiger partial charge on any atom is -0.323 e. The van der Waals surface area contributed by atoms with Gasteiger partial charge in [0.25, 0.3) is 0 Å². The van der Waals surface area contributed by atoms with Crippen molar-refractivity contribution in [2.45, 2.75) is 43.4 Å². The van der Waals surface area contributed by atoms with Gasteiger partial charge in [-0.3, -0.25) is 4.68 Å². The molecule has 5 heteroatoms. The molecule has 0 bridgehead atoms. The highest BCUT2D eigenvalue weighted by molar-refractivity contribution is 8.07.